The highest BCUT2D eigenvalue weighted by Gasteiger charge is 2.40. The first-order valence-corrected chi connectivity index (χ1v) is 41.8. The Labute approximate surface area is 748 Å². The molecule has 130 heavy (non-hydrogen) atoms. The summed E-state index contributed by atoms with van der Waals surface area (Å²) in [5.41, 5.74) is 44.6. The van der Waals surface area contributed by atoms with E-state index < -0.39 is 316 Å². The summed E-state index contributed by atoms with van der Waals surface area (Å²) in [6, 6.07) is -22.5. The van der Waals surface area contributed by atoms with Gasteiger partial charge in [0, 0.05) is 19.3 Å². The first-order chi connectivity index (χ1) is 60.9. The SMILES string of the molecule is CC(C)C[C@H](NC(=O)[C@H](Cc1ccc(O)cc1)NC(=O)[C@H](CC(N)=O)NC(=O)[C@H](CCCCN)NC(=O)[C@H](CCC(N)=O)NC(=O)[C@H](CC(N)=O)NC(=O)CNC(=O)[C@H](CO)NC(=O)[C@H](CC(N)=O)NC(=O)[C@H](CC(C)C)NC(=O)[C@H](CC(C)C)NC(=O)[C@H](CO)NC(=O)[C@H](CCC(N)=O)NC(=O)[C@H](CO)NC(=O)[C@H](CO)NC(=O)[C@@H](N)CCCCN)C(=O)N[C@@H](C)C(=O)O. The minimum absolute atomic E-state index is 0.0357. The molecule has 0 fully saturated rings. The van der Waals surface area contributed by atoms with Crippen LogP contribution in [0, 0.1) is 17.8 Å². The predicted molar refractivity (Wildman–Crippen MR) is 456 cm³/mol. The first kappa shape index (κ1) is 115. The van der Waals surface area contributed by atoms with Crippen LogP contribution in [-0.2, 0) is 112 Å². The Balaban J connectivity index is 3.52. The van der Waals surface area contributed by atoms with Gasteiger partial charge in [0.1, 0.15) is 96.4 Å². The lowest BCUT2D eigenvalue weighted by Gasteiger charge is -2.28. The van der Waals surface area contributed by atoms with E-state index in [1.165, 1.54) is 31.2 Å². The number of carboxylic acid groups (broad SMARTS) is 1. The van der Waals surface area contributed by atoms with Crippen molar-refractivity contribution in [3.05, 3.63) is 29.8 Å². The van der Waals surface area contributed by atoms with Crippen molar-refractivity contribution in [1.82, 2.24) is 85.1 Å². The fourth-order valence-electron chi connectivity index (χ4n) is 12.2. The molecule has 0 radical (unpaired) electrons. The van der Waals surface area contributed by atoms with E-state index in [-0.39, 0.29) is 69.6 Å². The van der Waals surface area contributed by atoms with Gasteiger partial charge in [-0.15, -0.1) is 0 Å². The average Bonchev–Trinajstić information content (AvgIpc) is 0.851. The Bertz CT molecular complexity index is 4050. The van der Waals surface area contributed by atoms with E-state index in [1.807, 2.05) is 5.32 Å². The normalized spacial score (nSPS) is 14.8. The minimum Gasteiger partial charge on any atom is -0.508 e. The van der Waals surface area contributed by atoms with E-state index in [9.17, 15) is 136 Å². The summed E-state index contributed by atoms with van der Waals surface area (Å²) in [4.78, 5) is 294. The van der Waals surface area contributed by atoms with Crippen molar-refractivity contribution in [2.45, 2.75) is 254 Å². The van der Waals surface area contributed by atoms with E-state index in [4.69, 9.17) is 45.9 Å². The van der Waals surface area contributed by atoms with Crippen LogP contribution in [0.3, 0.4) is 0 Å². The third kappa shape index (κ3) is 45.2. The number of amides is 21. The van der Waals surface area contributed by atoms with Gasteiger partial charge in [-0.3, -0.25) is 105 Å². The zero-order valence-corrected chi connectivity index (χ0v) is 73.5. The monoisotopic (exact) mass is 1850 g/mol. The molecule has 0 saturated carbocycles. The van der Waals surface area contributed by atoms with Crippen molar-refractivity contribution in [2.75, 3.05) is 46.1 Å². The molecule has 16 atom stereocenters. The fourth-order valence-corrected chi connectivity index (χ4v) is 12.2. The van der Waals surface area contributed by atoms with Gasteiger partial charge in [-0.2, -0.15) is 0 Å². The third-order valence-corrected chi connectivity index (χ3v) is 19.1. The number of primary amides is 5. The number of nitrogens with two attached hydrogens (primary N) is 8. The van der Waals surface area contributed by atoms with E-state index >= 15 is 0 Å². The number of nitrogens with one attached hydrogen (secondary N) is 16. The van der Waals surface area contributed by atoms with Crippen molar-refractivity contribution < 1.29 is 136 Å². The molecule has 0 aliphatic heterocycles. The number of aliphatic carboxylic acids is 1. The highest BCUT2D eigenvalue weighted by molar-refractivity contribution is 6.03. The second-order valence-electron chi connectivity index (χ2n) is 31.9. The van der Waals surface area contributed by atoms with Crippen molar-refractivity contribution in [3.63, 3.8) is 0 Å². The standard InChI is InChI=1S/C78H130N24O28/c1-36(2)24-46(68(119)88-39(7)78(129)130)93-71(122)49(27-40-14-16-41(107)17-15-40)96-73(124)51(29-60(85)111)97-65(116)43(13-9-11-23-80)90-66(117)44(18-20-57(82)108)91-72(123)50(28-59(84)110)89-62(113)31-87-64(115)53(32-103)100-74(125)52(30-61(86)112)98-70(121)47(25-37(3)4)94-69(120)48(26-38(5)6)95-76(127)56(35-106)101-67(118)45(19-21-58(83)109)92-75(126)55(34-105)102-77(128)54(33-104)99-63(114)42(81)12-8-10-22-79/h14-17,36-39,42-56,103-107H,8-13,18-35,79-81H2,1-7H3,(H2,82,108)(H2,83,109)(H2,84,110)(H2,85,111)(H2,86,112)(H,87,115)(H,88,119)(H,89,113)(H,90,117)(H,91,123)(H,92,126)(H,93,122)(H,94,120)(H,95,127)(H,96,124)(H,97,116)(H,98,121)(H,99,114)(H,100,125)(H,101,118)(H,102,128)(H,129,130)/t39-,42-,43-,44-,45-,46-,47-,48-,49-,50-,51-,52-,53-,54-,55-,56-/m0/s1. The van der Waals surface area contributed by atoms with Crippen LogP contribution >= 0.6 is 0 Å². The van der Waals surface area contributed by atoms with Crippen molar-refractivity contribution in [2.24, 2.45) is 63.6 Å². The number of unbranched alkanes of at least 4 members (excludes halogenated alkanes) is 2. The molecule has 21 amide bonds. The summed E-state index contributed by atoms with van der Waals surface area (Å²) < 4.78 is 0. The lowest BCUT2D eigenvalue weighted by Crippen LogP contribution is -2.61. The van der Waals surface area contributed by atoms with Gasteiger partial charge in [-0.05, 0) is 120 Å². The van der Waals surface area contributed by atoms with Crippen LogP contribution in [0.5, 0.6) is 5.75 Å². The van der Waals surface area contributed by atoms with Gasteiger partial charge in [0.05, 0.1) is 58.3 Å². The molecule has 0 aliphatic rings. The summed E-state index contributed by atoms with van der Waals surface area (Å²) in [6.07, 6.45) is -5.25. The summed E-state index contributed by atoms with van der Waals surface area (Å²) >= 11 is 0. The molecule has 1 aromatic carbocycles. The van der Waals surface area contributed by atoms with Gasteiger partial charge in [-0.25, -0.2) is 0 Å². The third-order valence-electron chi connectivity index (χ3n) is 19.1. The van der Waals surface area contributed by atoms with E-state index in [0.717, 1.165) is 0 Å². The van der Waals surface area contributed by atoms with E-state index in [1.54, 1.807) is 41.5 Å². The lowest BCUT2D eigenvalue weighted by atomic mass is 9.99. The second kappa shape index (κ2) is 60.0. The number of phenols is 1. The smallest absolute Gasteiger partial charge is 0.325 e. The topological polar surface area (TPSA) is 898 Å². The zero-order chi connectivity index (χ0) is 98.9. The molecule has 1 rings (SSSR count). The summed E-state index contributed by atoms with van der Waals surface area (Å²) in [6.45, 7) is 5.57. The molecule has 0 saturated heterocycles. The van der Waals surface area contributed by atoms with Gasteiger partial charge in [-0.1, -0.05) is 60.1 Å². The Morgan fingerprint density at radius 1 is 0.308 bits per heavy atom. The zero-order valence-electron chi connectivity index (χ0n) is 73.5. The summed E-state index contributed by atoms with van der Waals surface area (Å²) in [7, 11) is 0. The summed E-state index contributed by atoms with van der Waals surface area (Å²) in [5, 5.41) is 96.3. The van der Waals surface area contributed by atoms with Crippen LogP contribution in [-0.4, -0.2) is 303 Å². The molecule has 52 nitrogen and oxygen atoms in total. The number of hydrogen-bond donors (Lipinski definition) is 30. The Morgan fingerprint density at radius 3 is 0.908 bits per heavy atom. The Kier molecular flexibility index (Phi) is 53.1. The molecule has 38 N–H and O–H groups in total. The number of benzene rings is 1. The molecule has 730 valence electrons. The molecule has 52 heteroatoms. The highest BCUT2D eigenvalue weighted by Crippen LogP contribution is 2.17. The number of carboxylic acids is 1. The van der Waals surface area contributed by atoms with Crippen LogP contribution in [0.15, 0.2) is 24.3 Å². The first-order valence-electron chi connectivity index (χ1n) is 41.8. The Hall–Kier alpha value is -12.9. The van der Waals surface area contributed by atoms with Crippen LogP contribution in [0.4, 0.5) is 0 Å². The fraction of sp³-hybridized carbons (Fsp3) is 0.641. The molecule has 0 aromatic heterocycles. The number of hydrogen-bond acceptors (Lipinski definition) is 30. The van der Waals surface area contributed by atoms with Crippen molar-refractivity contribution in [3.8, 4) is 5.75 Å². The minimum atomic E-state index is -2.05. The predicted octanol–water partition coefficient (Wildman–Crippen LogP) is -13.7. The molecule has 0 spiro atoms. The number of aromatic hydroxyl groups is 1. The van der Waals surface area contributed by atoms with Gasteiger partial charge >= 0.3 is 5.97 Å². The van der Waals surface area contributed by atoms with Crippen LogP contribution in [0.2, 0.25) is 0 Å². The number of phenolic OH excluding ortho intramolecular Hbond substituents is 1. The molecule has 0 heterocycles. The number of rotatable bonds is 65. The molecule has 0 aliphatic carbocycles. The van der Waals surface area contributed by atoms with Crippen LogP contribution in [0.1, 0.15) is 157 Å². The maximum absolute atomic E-state index is 14.4. The highest BCUT2D eigenvalue weighted by atomic mass is 16.4. The molecule has 0 bridgehead atoms. The average molecular weight is 1850 g/mol. The van der Waals surface area contributed by atoms with Crippen molar-refractivity contribution >= 4 is 130 Å². The van der Waals surface area contributed by atoms with Crippen LogP contribution in [0.25, 0.3) is 0 Å². The van der Waals surface area contributed by atoms with Crippen LogP contribution < -0.4 is 131 Å². The Morgan fingerprint density at radius 2 is 0.577 bits per heavy atom. The van der Waals surface area contributed by atoms with E-state index in [2.05, 4.69) is 79.8 Å². The lowest BCUT2D eigenvalue weighted by molar-refractivity contribution is -0.142. The molecule has 0 unspecified atom stereocenters. The van der Waals surface area contributed by atoms with Crippen molar-refractivity contribution in [1.29, 1.82) is 0 Å². The largest absolute Gasteiger partial charge is 0.508 e. The maximum Gasteiger partial charge on any atom is 0.325 e. The number of aliphatic hydroxyl groups excluding tert-OH is 4. The molecular weight excluding hydrogens is 1720 g/mol. The van der Waals surface area contributed by atoms with Gasteiger partial charge in [0.15, 0.2) is 0 Å². The molecular formula is C78H130N24O28. The van der Waals surface area contributed by atoms with Gasteiger partial charge in [0.25, 0.3) is 0 Å². The molecule has 1 aromatic rings. The number of carbonyl (C=O) groups excluding carboxylic acids is 21. The second-order valence-corrected chi connectivity index (χ2v) is 31.9. The summed E-state index contributed by atoms with van der Waals surface area (Å²) in [5.74, 6) is -27.6. The number of carbonyl (C=O) groups is 22. The van der Waals surface area contributed by atoms with E-state index in [0.29, 0.717) is 24.9 Å². The van der Waals surface area contributed by atoms with Gasteiger partial charge < -0.3 is 162 Å². The van der Waals surface area contributed by atoms with Gasteiger partial charge in [0.2, 0.25) is 124 Å². The quantitative estimate of drug-likeness (QED) is 0.0269. The maximum atomic E-state index is 14.4. The number of aliphatic hydroxyl groups is 4.